The quantitative estimate of drug-likeness (QED) is 0.223. The zero-order valence-electron chi connectivity index (χ0n) is 27.1. The van der Waals surface area contributed by atoms with Crippen molar-refractivity contribution in [1.82, 2.24) is 14.9 Å². The molecule has 2 saturated carbocycles. The van der Waals surface area contributed by atoms with Gasteiger partial charge in [0.15, 0.2) is 0 Å². The number of ether oxygens (including phenoxy) is 2. The molecule has 0 radical (unpaired) electrons. The fourth-order valence-electron chi connectivity index (χ4n) is 7.96. The number of hydrogen-bond acceptors (Lipinski definition) is 7. The Kier molecular flexibility index (Phi) is 8.33. The van der Waals surface area contributed by atoms with Crippen molar-refractivity contribution in [2.24, 2.45) is 5.41 Å². The van der Waals surface area contributed by atoms with Gasteiger partial charge in [-0.1, -0.05) is 43.3 Å². The highest BCUT2D eigenvalue weighted by Crippen LogP contribution is 2.59. The summed E-state index contributed by atoms with van der Waals surface area (Å²) in [5.74, 6) is 0.724. The number of aryl methyl sites for hydroxylation is 1. The highest BCUT2D eigenvalue weighted by atomic mass is 16.5. The number of rotatable bonds is 9. The van der Waals surface area contributed by atoms with E-state index >= 15 is 0 Å². The normalized spacial score (nSPS) is 22.4. The Bertz CT molecular complexity index is 1670. The lowest BCUT2D eigenvalue weighted by molar-refractivity contribution is -0.128. The second-order valence-electron chi connectivity index (χ2n) is 13.6. The van der Waals surface area contributed by atoms with E-state index in [-0.39, 0.29) is 24.6 Å². The second kappa shape index (κ2) is 12.6. The molecule has 1 spiro atoms. The predicted octanol–water partition coefficient (Wildman–Crippen LogP) is 5.74. The van der Waals surface area contributed by atoms with Gasteiger partial charge in [-0.05, 0) is 74.5 Å². The lowest BCUT2D eigenvalue weighted by atomic mass is 9.99. The summed E-state index contributed by atoms with van der Waals surface area (Å²) in [4.78, 5) is 32.8. The van der Waals surface area contributed by atoms with Crippen LogP contribution in [0.4, 0.5) is 11.5 Å². The smallest absolute Gasteiger partial charge is 0.319 e. The molecule has 1 unspecified atom stereocenters. The monoisotopic (exact) mass is 620 g/mol. The molecule has 46 heavy (non-hydrogen) atoms. The van der Waals surface area contributed by atoms with E-state index in [0.717, 1.165) is 36.5 Å². The van der Waals surface area contributed by atoms with Crippen molar-refractivity contribution in [3.63, 3.8) is 0 Å². The zero-order valence-corrected chi connectivity index (χ0v) is 27.1. The minimum atomic E-state index is -0.237. The van der Waals surface area contributed by atoms with E-state index in [1.807, 2.05) is 6.92 Å². The number of carbonyl (C=O) groups excluding carboxylic acids is 1. The van der Waals surface area contributed by atoms with Gasteiger partial charge in [0.2, 0.25) is 12.5 Å². The van der Waals surface area contributed by atoms with Crippen LogP contribution < -0.4 is 14.5 Å². The van der Waals surface area contributed by atoms with Gasteiger partial charge < -0.3 is 29.0 Å². The molecule has 3 fully saturated rings. The number of aromatic nitrogens is 2. The van der Waals surface area contributed by atoms with Crippen LogP contribution in [0.15, 0.2) is 49.1 Å². The van der Waals surface area contributed by atoms with Gasteiger partial charge >= 0.3 is 6.01 Å². The van der Waals surface area contributed by atoms with Gasteiger partial charge in [0.25, 0.3) is 0 Å². The first kappa shape index (κ1) is 30.5. The minimum Gasteiger partial charge on any atom is -0.458 e. The number of hydrogen-bond donors (Lipinski definition) is 0. The van der Waals surface area contributed by atoms with Crippen LogP contribution in [0.2, 0.25) is 0 Å². The first-order chi connectivity index (χ1) is 22.4. The number of carbonyl (C=O) groups is 1. The van der Waals surface area contributed by atoms with Gasteiger partial charge in [0.1, 0.15) is 18.0 Å². The largest absolute Gasteiger partial charge is 0.458 e. The summed E-state index contributed by atoms with van der Waals surface area (Å²) in [6.07, 6.45) is 8.53. The average molecular weight is 621 g/mol. The Morgan fingerprint density at radius 2 is 1.98 bits per heavy atom. The van der Waals surface area contributed by atoms with Crippen molar-refractivity contribution >= 4 is 28.2 Å². The van der Waals surface area contributed by atoms with Crippen LogP contribution in [0.5, 0.6) is 6.01 Å². The average Bonchev–Trinajstić information content (AvgIpc) is 3.74. The van der Waals surface area contributed by atoms with Crippen LogP contribution >= 0.6 is 0 Å². The molecular weight excluding hydrogens is 576 g/mol. The van der Waals surface area contributed by atoms with Crippen LogP contribution in [0.3, 0.4) is 0 Å². The van der Waals surface area contributed by atoms with Crippen molar-refractivity contribution in [3.8, 4) is 6.01 Å². The lowest BCUT2D eigenvalue weighted by Gasteiger charge is -2.41. The van der Waals surface area contributed by atoms with Crippen LogP contribution in [0.1, 0.15) is 55.8 Å². The number of amides is 1. The molecule has 2 aliphatic carbocycles. The summed E-state index contributed by atoms with van der Waals surface area (Å²) in [6, 6.07) is 13.1. The Labute approximate surface area is 272 Å². The van der Waals surface area contributed by atoms with E-state index in [1.165, 1.54) is 53.8 Å². The molecule has 0 bridgehead atoms. The molecule has 3 heterocycles. The number of piperazine rings is 1. The molecule has 9 heteroatoms. The summed E-state index contributed by atoms with van der Waals surface area (Å²) in [5.41, 5.74) is 4.98. The van der Waals surface area contributed by atoms with Gasteiger partial charge in [-0.3, -0.25) is 4.79 Å². The molecule has 3 aromatic rings. The molecule has 1 aromatic heterocycles. The third kappa shape index (κ3) is 5.79. The fraction of sp³-hybridized carbons (Fsp3) is 0.514. The van der Waals surface area contributed by atoms with E-state index < -0.39 is 0 Å². The highest BCUT2D eigenvalue weighted by molar-refractivity contribution is 5.97. The van der Waals surface area contributed by atoms with Gasteiger partial charge in [-0.15, -0.1) is 0 Å². The predicted molar refractivity (Wildman–Crippen MR) is 180 cm³/mol. The summed E-state index contributed by atoms with van der Waals surface area (Å²) < 4.78 is 12.8. The van der Waals surface area contributed by atoms with E-state index in [9.17, 15) is 4.79 Å². The summed E-state index contributed by atoms with van der Waals surface area (Å²) in [5, 5.41) is 2.51. The van der Waals surface area contributed by atoms with E-state index in [1.54, 1.807) is 4.90 Å². The maximum Gasteiger partial charge on any atom is 0.319 e. The first-order valence-corrected chi connectivity index (χ1v) is 16.8. The maximum absolute atomic E-state index is 12.6. The number of anilines is 2. The Morgan fingerprint density at radius 3 is 2.76 bits per heavy atom. The third-order valence-corrected chi connectivity index (χ3v) is 10.6. The lowest BCUT2D eigenvalue weighted by Crippen LogP contribution is -2.56. The summed E-state index contributed by atoms with van der Waals surface area (Å²) >= 11 is 0. The van der Waals surface area contributed by atoms with Crippen molar-refractivity contribution < 1.29 is 14.3 Å². The summed E-state index contributed by atoms with van der Waals surface area (Å²) in [7, 11) is 0. The number of fused-ring (bicyclic) bond motifs is 2. The molecule has 9 nitrogen and oxygen atoms in total. The maximum atomic E-state index is 12.6. The Balaban J connectivity index is 1.18. The van der Waals surface area contributed by atoms with E-state index in [4.69, 9.17) is 26.0 Å². The van der Waals surface area contributed by atoms with Gasteiger partial charge in [-0.2, -0.15) is 9.97 Å². The SMILES string of the molecule is [C-]#[N+]C[C@H]1CN(c2nc(O[C@@H](C)COC3CCCC34CC4)nc3c2CCN(c2cccc4cccc(C)c24)C3)CCN1C(=O)C=C. The van der Waals surface area contributed by atoms with Crippen LogP contribution in [0, 0.1) is 18.9 Å². The third-order valence-electron chi connectivity index (χ3n) is 10.6. The first-order valence-electron chi connectivity index (χ1n) is 16.8. The minimum absolute atomic E-state index is 0.132. The molecular formula is C37H44N6O3. The topological polar surface area (TPSA) is 75.4 Å². The highest BCUT2D eigenvalue weighted by Gasteiger charge is 2.52. The molecule has 7 rings (SSSR count). The van der Waals surface area contributed by atoms with Crippen LogP contribution in [-0.2, 0) is 22.5 Å². The molecule has 1 amide bonds. The number of benzene rings is 2. The molecule has 2 aliphatic heterocycles. The van der Waals surface area contributed by atoms with Crippen LogP contribution in [-0.4, -0.2) is 78.4 Å². The second-order valence-corrected chi connectivity index (χ2v) is 13.6. The molecule has 3 atom stereocenters. The van der Waals surface area contributed by atoms with Gasteiger partial charge in [-0.25, -0.2) is 6.57 Å². The summed E-state index contributed by atoms with van der Waals surface area (Å²) in [6.45, 7) is 19.3. The van der Waals surface area contributed by atoms with Gasteiger partial charge in [0, 0.05) is 42.8 Å². The molecule has 4 aliphatic rings. The van der Waals surface area contributed by atoms with Crippen molar-refractivity contribution in [2.45, 2.75) is 77.2 Å². The van der Waals surface area contributed by atoms with Crippen molar-refractivity contribution in [3.05, 3.63) is 77.3 Å². The Hall–Kier alpha value is -4.16. The van der Waals surface area contributed by atoms with E-state index in [0.29, 0.717) is 50.3 Å². The van der Waals surface area contributed by atoms with Crippen molar-refractivity contribution in [1.29, 1.82) is 0 Å². The Morgan fingerprint density at radius 1 is 1.15 bits per heavy atom. The standard InChI is InChI=1S/C37H44N6O3/c1-5-33(44)43-20-19-42(22-28(43)21-38-4)35-29-14-18-41(31-12-7-11-27-10-6-9-25(2)34(27)31)23-30(29)39-36(40-35)46-26(3)24-45-32-13-8-15-37(32)16-17-37/h5-7,9-12,26,28,32H,1,8,13-24H2,2-3H3/t26-,28-,32?/m0/s1. The zero-order chi connectivity index (χ0) is 31.8. The molecule has 1 saturated heterocycles. The molecule has 0 N–H and O–H groups in total. The van der Waals surface area contributed by atoms with E-state index in [2.05, 4.69) is 64.5 Å². The fourth-order valence-corrected chi connectivity index (χ4v) is 7.96. The number of nitrogens with zero attached hydrogens (tertiary/aromatic N) is 6. The molecule has 240 valence electrons. The molecule has 2 aromatic carbocycles. The van der Waals surface area contributed by atoms with Gasteiger partial charge in [0.05, 0.1) is 24.9 Å². The van der Waals surface area contributed by atoms with Crippen LogP contribution in [0.25, 0.3) is 15.6 Å². The van der Waals surface area contributed by atoms with Crippen molar-refractivity contribution in [2.75, 3.05) is 49.1 Å².